The Labute approximate surface area is 126 Å². The molecule has 0 saturated carbocycles. The fraction of sp³-hybridized carbons (Fsp3) is 0.750. The minimum absolute atomic E-state index is 0.0143. The van der Waals surface area contributed by atoms with Crippen molar-refractivity contribution in [2.45, 2.75) is 45.1 Å². The number of rotatable bonds is 3. The van der Waals surface area contributed by atoms with Crippen molar-refractivity contribution in [3.8, 4) is 0 Å². The number of imidazole rings is 1. The molecule has 0 radical (unpaired) electrons. The number of carbonyl (C=O) groups is 1. The molecule has 0 bridgehead atoms. The Balaban J connectivity index is 1.60. The van der Waals surface area contributed by atoms with Crippen molar-refractivity contribution >= 4 is 5.91 Å². The molecule has 21 heavy (non-hydrogen) atoms. The fourth-order valence-electron chi connectivity index (χ4n) is 3.99. The SMILES string of the molecule is Cc1ncn(C)c1C(=O)NC[C@@H]1CCCN2CCCC[C@H]12. The minimum Gasteiger partial charge on any atom is -0.350 e. The highest BCUT2D eigenvalue weighted by molar-refractivity contribution is 5.93. The maximum absolute atomic E-state index is 12.4. The average Bonchev–Trinajstić information content (AvgIpc) is 2.84. The molecular formula is C16H26N4O. The Morgan fingerprint density at radius 3 is 2.90 bits per heavy atom. The average molecular weight is 290 g/mol. The number of carbonyl (C=O) groups excluding carboxylic acids is 1. The molecule has 3 rings (SSSR count). The van der Waals surface area contributed by atoms with E-state index in [4.69, 9.17) is 0 Å². The Bertz CT molecular complexity index is 489. The van der Waals surface area contributed by atoms with Crippen molar-refractivity contribution < 1.29 is 4.79 Å². The molecule has 0 aromatic carbocycles. The smallest absolute Gasteiger partial charge is 0.269 e. The highest BCUT2D eigenvalue weighted by Crippen LogP contribution is 2.30. The quantitative estimate of drug-likeness (QED) is 0.922. The number of piperidine rings is 2. The first-order chi connectivity index (χ1) is 10.2. The summed E-state index contributed by atoms with van der Waals surface area (Å²) in [6.45, 7) is 5.18. The molecule has 1 amide bonds. The van der Waals surface area contributed by atoms with Crippen LogP contribution in [0.3, 0.4) is 0 Å². The summed E-state index contributed by atoms with van der Waals surface area (Å²) in [5.41, 5.74) is 1.49. The van der Waals surface area contributed by atoms with Gasteiger partial charge in [0.1, 0.15) is 5.69 Å². The van der Waals surface area contributed by atoms with Gasteiger partial charge in [0.25, 0.3) is 5.91 Å². The fourth-order valence-corrected chi connectivity index (χ4v) is 3.99. The number of nitrogens with one attached hydrogen (secondary N) is 1. The molecule has 2 aliphatic rings. The van der Waals surface area contributed by atoms with Gasteiger partial charge < -0.3 is 14.8 Å². The number of aryl methyl sites for hydroxylation is 2. The summed E-state index contributed by atoms with van der Waals surface area (Å²) in [6.07, 6.45) is 8.18. The summed E-state index contributed by atoms with van der Waals surface area (Å²) < 4.78 is 1.80. The van der Waals surface area contributed by atoms with Crippen molar-refractivity contribution in [3.05, 3.63) is 17.7 Å². The van der Waals surface area contributed by atoms with Gasteiger partial charge in [-0.25, -0.2) is 4.98 Å². The van der Waals surface area contributed by atoms with Crippen LogP contribution in [0, 0.1) is 12.8 Å². The summed E-state index contributed by atoms with van der Waals surface area (Å²) in [7, 11) is 1.87. The van der Waals surface area contributed by atoms with Gasteiger partial charge in [-0.05, 0) is 51.6 Å². The van der Waals surface area contributed by atoms with Gasteiger partial charge in [-0.15, -0.1) is 0 Å². The van der Waals surface area contributed by atoms with Crippen molar-refractivity contribution in [2.24, 2.45) is 13.0 Å². The van der Waals surface area contributed by atoms with Crippen molar-refractivity contribution in [3.63, 3.8) is 0 Å². The largest absolute Gasteiger partial charge is 0.350 e. The second kappa shape index (κ2) is 6.18. The molecule has 5 heteroatoms. The lowest BCUT2D eigenvalue weighted by Crippen LogP contribution is -2.51. The predicted octanol–water partition coefficient (Wildman–Crippen LogP) is 1.72. The lowest BCUT2D eigenvalue weighted by molar-refractivity contribution is 0.0574. The van der Waals surface area contributed by atoms with Crippen LogP contribution in [0.5, 0.6) is 0 Å². The van der Waals surface area contributed by atoms with Crippen LogP contribution in [-0.4, -0.2) is 46.0 Å². The molecule has 2 aliphatic heterocycles. The van der Waals surface area contributed by atoms with E-state index in [1.807, 2.05) is 14.0 Å². The second-order valence-electron chi connectivity index (χ2n) is 6.50. The normalized spacial score (nSPS) is 26.4. The van der Waals surface area contributed by atoms with Crippen LogP contribution in [0.25, 0.3) is 0 Å². The highest BCUT2D eigenvalue weighted by atomic mass is 16.2. The predicted molar refractivity (Wildman–Crippen MR) is 82.2 cm³/mol. The van der Waals surface area contributed by atoms with E-state index in [-0.39, 0.29) is 5.91 Å². The maximum Gasteiger partial charge on any atom is 0.269 e. The molecule has 1 aromatic rings. The number of nitrogens with zero attached hydrogens (tertiary/aromatic N) is 3. The Kier molecular flexibility index (Phi) is 4.29. The standard InChI is InChI=1S/C16H26N4O/c1-12-15(19(2)11-18-12)16(21)17-10-13-6-5-9-20-8-4-3-7-14(13)20/h11,13-14H,3-10H2,1-2H3,(H,17,21)/t13-,14+/m0/s1. The molecule has 0 spiro atoms. The number of aromatic nitrogens is 2. The number of amides is 1. The molecular weight excluding hydrogens is 264 g/mol. The lowest BCUT2D eigenvalue weighted by Gasteiger charge is -2.44. The van der Waals surface area contributed by atoms with E-state index in [1.54, 1.807) is 10.9 Å². The van der Waals surface area contributed by atoms with Crippen molar-refractivity contribution in [1.82, 2.24) is 19.8 Å². The summed E-state index contributed by atoms with van der Waals surface area (Å²) in [4.78, 5) is 19.2. The van der Waals surface area contributed by atoms with E-state index in [9.17, 15) is 4.79 Å². The van der Waals surface area contributed by atoms with E-state index in [1.165, 1.54) is 45.2 Å². The van der Waals surface area contributed by atoms with Gasteiger partial charge in [-0.3, -0.25) is 4.79 Å². The van der Waals surface area contributed by atoms with Gasteiger partial charge in [0.05, 0.1) is 12.0 Å². The number of hydrogen-bond donors (Lipinski definition) is 1. The molecule has 3 heterocycles. The molecule has 5 nitrogen and oxygen atoms in total. The maximum atomic E-state index is 12.4. The molecule has 0 aliphatic carbocycles. The first-order valence-corrected chi connectivity index (χ1v) is 8.17. The number of hydrogen-bond acceptors (Lipinski definition) is 3. The summed E-state index contributed by atoms with van der Waals surface area (Å²) in [6, 6.07) is 0.681. The van der Waals surface area contributed by atoms with Gasteiger partial charge >= 0.3 is 0 Å². The topological polar surface area (TPSA) is 50.2 Å². The third-order valence-electron chi connectivity index (χ3n) is 5.09. The van der Waals surface area contributed by atoms with E-state index in [0.29, 0.717) is 17.7 Å². The Morgan fingerprint density at radius 2 is 2.14 bits per heavy atom. The van der Waals surface area contributed by atoms with E-state index in [0.717, 1.165) is 12.2 Å². The molecule has 1 aromatic heterocycles. The van der Waals surface area contributed by atoms with E-state index >= 15 is 0 Å². The third-order valence-corrected chi connectivity index (χ3v) is 5.09. The molecule has 2 atom stereocenters. The first kappa shape index (κ1) is 14.6. The van der Waals surface area contributed by atoms with Gasteiger partial charge in [-0.1, -0.05) is 6.42 Å². The van der Waals surface area contributed by atoms with Crippen LogP contribution >= 0.6 is 0 Å². The molecule has 1 N–H and O–H groups in total. The van der Waals surface area contributed by atoms with Gasteiger partial charge in [0.15, 0.2) is 0 Å². The lowest BCUT2D eigenvalue weighted by atomic mass is 9.83. The molecule has 0 unspecified atom stereocenters. The summed E-state index contributed by atoms with van der Waals surface area (Å²) in [5, 5.41) is 3.14. The Hall–Kier alpha value is -1.36. The van der Waals surface area contributed by atoms with Crippen LogP contribution in [0.15, 0.2) is 6.33 Å². The van der Waals surface area contributed by atoms with Crippen LogP contribution in [0.4, 0.5) is 0 Å². The monoisotopic (exact) mass is 290 g/mol. The highest BCUT2D eigenvalue weighted by Gasteiger charge is 2.33. The van der Waals surface area contributed by atoms with E-state index < -0.39 is 0 Å². The molecule has 116 valence electrons. The van der Waals surface area contributed by atoms with Crippen LogP contribution in [-0.2, 0) is 7.05 Å². The zero-order chi connectivity index (χ0) is 14.8. The molecule has 2 saturated heterocycles. The van der Waals surface area contributed by atoms with Gasteiger partial charge in [-0.2, -0.15) is 0 Å². The summed E-state index contributed by atoms with van der Waals surface area (Å²) in [5.74, 6) is 0.622. The van der Waals surface area contributed by atoms with Gasteiger partial charge in [0, 0.05) is 19.6 Å². The zero-order valence-electron chi connectivity index (χ0n) is 13.1. The molecule has 2 fully saturated rings. The minimum atomic E-state index is 0.0143. The van der Waals surface area contributed by atoms with Crippen molar-refractivity contribution in [1.29, 1.82) is 0 Å². The van der Waals surface area contributed by atoms with E-state index in [2.05, 4.69) is 15.2 Å². The van der Waals surface area contributed by atoms with Gasteiger partial charge in [0.2, 0.25) is 0 Å². The number of fused-ring (bicyclic) bond motifs is 1. The van der Waals surface area contributed by atoms with Crippen LogP contribution in [0.2, 0.25) is 0 Å². The second-order valence-corrected chi connectivity index (χ2v) is 6.50. The van der Waals surface area contributed by atoms with Crippen LogP contribution < -0.4 is 5.32 Å². The van der Waals surface area contributed by atoms with Crippen molar-refractivity contribution in [2.75, 3.05) is 19.6 Å². The first-order valence-electron chi connectivity index (χ1n) is 8.17. The van der Waals surface area contributed by atoms with Crippen LogP contribution in [0.1, 0.15) is 48.3 Å². The Morgan fingerprint density at radius 1 is 1.33 bits per heavy atom. The third kappa shape index (κ3) is 2.98. The zero-order valence-corrected chi connectivity index (χ0v) is 13.1. The summed E-state index contributed by atoms with van der Waals surface area (Å²) >= 11 is 0.